The monoisotopic (exact) mass is 151 g/mol. The predicted molar refractivity (Wildman–Crippen MR) is 42.9 cm³/mol. The Morgan fingerprint density at radius 3 is 3.00 bits per heavy atom. The highest BCUT2D eigenvalue weighted by Crippen LogP contribution is 1.66. The molecule has 1 heterocycles. The van der Waals surface area contributed by atoms with Crippen LogP contribution in [0.1, 0.15) is 0 Å². The lowest BCUT2D eigenvalue weighted by atomic mass is 10.4. The van der Waals surface area contributed by atoms with Crippen molar-refractivity contribution in [1.29, 1.82) is 0 Å². The quantitative estimate of drug-likeness (QED) is 0.451. The molecule has 0 saturated heterocycles. The molecule has 0 aromatic carbocycles. The fourth-order valence-corrected chi connectivity index (χ4v) is 0.781. The minimum Gasteiger partial charge on any atom is -0.362 e. The van der Waals surface area contributed by atoms with Crippen LogP contribution in [0.5, 0.6) is 0 Å². The molecule has 0 aliphatic rings. The maximum Gasteiger partial charge on any atom is 0.125 e. The average molecular weight is 151 g/mol. The van der Waals surface area contributed by atoms with Gasteiger partial charge < -0.3 is 4.98 Å². The third-order valence-corrected chi connectivity index (χ3v) is 1.34. The van der Waals surface area contributed by atoms with Crippen molar-refractivity contribution < 1.29 is 10.7 Å². The zero-order chi connectivity index (χ0) is 8.10. The van der Waals surface area contributed by atoms with Gasteiger partial charge in [-0.1, -0.05) is 6.58 Å². The summed E-state index contributed by atoms with van der Waals surface area (Å²) in [5.41, 5.74) is 0.992. The Bertz CT molecular complexity index is 337. The van der Waals surface area contributed by atoms with Crippen molar-refractivity contribution in [3.8, 4) is 0 Å². The van der Waals surface area contributed by atoms with Crippen molar-refractivity contribution in [2.75, 3.05) is 0 Å². The zero-order valence-electron chi connectivity index (χ0n) is 6.12. The molecule has 1 aromatic heterocycles. The van der Waals surface area contributed by atoms with E-state index in [1.165, 1.54) is 0 Å². The second-order valence-corrected chi connectivity index (χ2v) is 2.11. The summed E-state index contributed by atoms with van der Waals surface area (Å²) in [5.74, 6) is 0. The van der Waals surface area contributed by atoms with Gasteiger partial charge in [-0.15, -0.1) is 0 Å². The summed E-state index contributed by atoms with van der Waals surface area (Å²) in [6, 6.07) is 1.92. The standard InChI is InChI=1S/C8H10N2O/c1-7-8(4-6-9-7)3-2-5-10-11/h2-6,9-11H,1H2/p+1/b5-2-,8-3-. The van der Waals surface area contributed by atoms with E-state index < -0.39 is 0 Å². The third kappa shape index (κ3) is 2.07. The van der Waals surface area contributed by atoms with Crippen LogP contribution >= 0.6 is 0 Å². The molecule has 0 atom stereocenters. The van der Waals surface area contributed by atoms with Gasteiger partial charge in [-0.2, -0.15) is 5.48 Å². The molecule has 0 aliphatic heterocycles. The van der Waals surface area contributed by atoms with E-state index in [2.05, 4.69) is 11.6 Å². The molecular weight excluding hydrogens is 140 g/mol. The summed E-state index contributed by atoms with van der Waals surface area (Å²) in [6.45, 7) is 3.77. The SMILES string of the molecule is C=c1[nH]cc/c1=C/C=C\[NH2+]O. The Hall–Kier alpha value is -1.32. The van der Waals surface area contributed by atoms with Gasteiger partial charge in [-0.25, -0.2) is 5.21 Å². The van der Waals surface area contributed by atoms with Crippen molar-refractivity contribution in [1.82, 2.24) is 4.98 Å². The van der Waals surface area contributed by atoms with Crippen molar-refractivity contribution in [3.05, 3.63) is 35.1 Å². The number of H-pyrrole nitrogens is 1. The highest BCUT2D eigenvalue weighted by atomic mass is 16.5. The molecule has 11 heavy (non-hydrogen) atoms. The van der Waals surface area contributed by atoms with Crippen LogP contribution in [0.3, 0.4) is 0 Å². The van der Waals surface area contributed by atoms with Gasteiger partial charge in [0.05, 0.1) is 0 Å². The number of aromatic amines is 1. The lowest BCUT2D eigenvalue weighted by Crippen LogP contribution is -2.73. The summed E-state index contributed by atoms with van der Waals surface area (Å²) in [7, 11) is 0. The summed E-state index contributed by atoms with van der Waals surface area (Å²) < 4.78 is 0. The van der Waals surface area contributed by atoms with Crippen molar-refractivity contribution in [2.24, 2.45) is 0 Å². The smallest absolute Gasteiger partial charge is 0.125 e. The molecule has 0 saturated carbocycles. The van der Waals surface area contributed by atoms with Crippen molar-refractivity contribution >= 4 is 12.7 Å². The van der Waals surface area contributed by atoms with Crippen LogP contribution < -0.4 is 16.0 Å². The lowest BCUT2D eigenvalue weighted by Gasteiger charge is -1.74. The van der Waals surface area contributed by atoms with Gasteiger partial charge in [0.15, 0.2) is 0 Å². The number of nitrogens with one attached hydrogen (secondary N) is 1. The number of hydrogen-bond donors (Lipinski definition) is 3. The Morgan fingerprint density at radius 2 is 2.45 bits per heavy atom. The van der Waals surface area contributed by atoms with E-state index in [1.807, 2.05) is 18.3 Å². The first kappa shape index (κ1) is 7.78. The number of nitrogens with two attached hydrogens (primary N) is 1. The number of rotatable bonds is 2. The molecule has 0 bridgehead atoms. The van der Waals surface area contributed by atoms with Crippen molar-refractivity contribution in [2.45, 2.75) is 0 Å². The van der Waals surface area contributed by atoms with Crippen LogP contribution in [0.25, 0.3) is 12.7 Å². The van der Waals surface area contributed by atoms with E-state index in [-0.39, 0.29) is 0 Å². The van der Waals surface area contributed by atoms with Gasteiger partial charge >= 0.3 is 0 Å². The fourth-order valence-electron chi connectivity index (χ4n) is 0.781. The lowest BCUT2D eigenvalue weighted by molar-refractivity contribution is -0.838. The molecule has 1 rings (SSSR count). The van der Waals surface area contributed by atoms with Crippen LogP contribution in [-0.4, -0.2) is 10.2 Å². The highest BCUT2D eigenvalue weighted by molar-refractivity contribution is 5.35. The first-order valence-electron chi connectivity index (χ1n) is 3.31. The molecule has 58 valence electrons. The number of allylic oxidation sites excluding steroid dienone is 1. The normalized spacial score (nSPS) is 13.0. The number of hydroxylamine groups is 1. The second kappa shape index (κ2) is 3.75. The Morgan fingerprint density at radius 1 is 1.64 bits per heavy atom. The summed E-state index contributed by atoms with van der Waals surface area (Å²) >= 11 is 0. The number of aromatic nitrogens is 1. The minimum absolute atomic E-state index is 0.882. The Kier molecular flexibility index (Phi) is 2.66. The predicted octanol–water partition coefficient (Wildman–Crippen LogP) is -1.33. The Balaban J connectivity index is 2.92. The molecule has 1 aromatic rings. The highest BCUT2D eigenvalue weighted by Gasteiger charge is 1.78. The molecule has 0 amide bonds. The summed E-state index contributed by atoms with van der Waals surface area (Å²) in [6.07, 6.45) is 6.99. The third-order valence-electron chi connectivity index (χ3n) is 1.34. The molecule has 3 heteroatoms. The van der Waals surface area contributed by atoms with Crippen LogP contribution in [-0.2, 0) is 0 Å². The molecule has 0 unspecified atom stereocenters. The second-order valence-electron chi connectivity index (χ2n) is 2.11. The van der Waals surface area contributed by atoms with E-state index in [0.717, 1.165) is 16.0 Å². The number of hydrogen-bond acceptors (Lipinski definition) is 1. The molecule has 0 fully saturated rings. The van der Waals surface area contributed by atoms with Gasteiger partial charge in [0.25, 0.3) is 0 Å². The first-order chi connectivity index (χ1) is 5.34. The van der Waals surface area contributed by atoms with E-state index in [4.69, 9.17) is 5.21 Å². The fraction of sp³-hybridized carbons (Fsp3) is 0. The van der Waals surface area contributed by atoms with Gasteiger partial charge in [0.2, 0.25) is 0 Å². The van der Waals surface area contributed by atoms with E-state index in [1.54, 1.807) is 12.3 Å². The largest absolute Gasteiger partial charge is 0.362 e. The van der Waals surface area contributed by atoms with Crippen molar-refractivity contribution in [3.63, 3.8) is 0 Å². The molecule has 4 N–H and O–H groups in total. The molecule has 0 spiro atoms. The zero-order valence-corrected chi connectivity index (χ0v) is 6.12. The Labute approximate surface area is 64.3 Å². The van der Waals surface area contributed by atoms with Gasteiger partial charge in [0.1, 0.15) is 6.20 Å². The molecule has 0 radical (unpaired) electrons. The maximum atomic E-state index is 8.31. The minimum atomic E-state index is 0.882. The van der Waals surface area contributed by atoms with Gasteiger partial charge in [0, 0.05) is 11.5 Å². The average Bonchev–Trinajstić information content (AvgIpc) is 2.37. The van der Waals surface area contributed by atoms with Gasteiger partial charge in [-0.3, -0.25) is 0 Å². The summed E-state index contributed by atoms with van der Waals surface area (Å²) in [5, 5.41) is 10.2. The van der Waals surface area contributed by atoms with Crippen LogP contribution in [0.15, 0.2) is 24.5 Å². The van der Waals surface area contributed by atoms with Crippen LogP contribution in [0.4, 0.5) is 0 Å². The van der Waals surface area contributed by atoms with E-state index in [0.29, 0.717) is 0 Å². The first-order valence-corrected chi connectivity index (χ1v) is 3.31. The van der Waals surface area contributed by atoms with Crippen LogP contribution in [0.2, 0.25) is 0 Å². The molecule has 0 aliphatic carbocycles. The van der Waals surface area contributed by atoms with Crippen LogP contribution in [0, 0.1) is 0 Å². The molecule has 3 nitrogen and oxygen atoms in total. The topological polar surface area (TPSA) is 52.6 Å². The maximum absolute atomic E-state index is 8.31. The van der Waals surface area contributed by atoms with E-state index >= 15 is 0 Å². The van der Waals surface area contributed by atoms with E-state index in [9.17, 15) is 0 Å². The molecular formula is C8H11N2O+. The van der Waals surface area contributed by atoms with Gasteiger partial charge in [-0.05, 0) is 23.4 Å². The number of quaternary nitrogens is 1. The summed E-state index contributed by atoms with van der Waals surface area (Å²) in [4.78, 5) is 2.95.